The fourth-order valence-electron chi connectivity index (χ4n) is 6.98. The zero-order valence-corrected chi connectivity index (χ0v) is 26.5. The standard InChI is InChI=1S/C35H40N6O4/c1-20-7-8-22(3)26(17-20)34(42)37-27-18-25(9-10-29(27)40-11-13-44-14-12-40)32-38-33-30(28(36-6)19-41(33)39-32)35(43)45-31-23(4)15-21(2)16-24(31)5/h7-10,17-19,21,23-24,31H,11-16H2,1-5H3,(H,37,42)(H,38,39). The molecule has 4 aromatic rings. The molecule has 2 atom stereocenters. The zero-order chi connectivity index (χ0) is 31.8. The molecule has 6 rings (SSSR count). The molecular weight excluding hydrogens is 568 g/mol. The van der Waals surface area contributed by atoms with Crippen molar-refractivity contribution >= 4 is 34.6 Å². The second-order valence-electron chi connectivity index (χ2n) is 12.8. The number of esters is 1. The van der Waals surface area contributed by atoms with Crippen molar-refractivity contribution in [2.24, 2.45) is 17.8 Å². The molecular formula is C35H40N6O4. The first kappa shape index (κ1) is 30.4. The van der Waals surface area contributed by atoms with Crippen molar-refractivity contribution in [2.45, 2.75) is 53.6 Å². The predicted octanol–water partition coefficient (Wildman–Crippen LogP) is 6.81. The van der Waals surface area contributed by atoms with Crippen LogP contribution >= 0.6 is 0 Å². The van der Waals surface area contributed by atoms with Gasteiger partial charge in [0.15, 0.2) is 11.5 Å². The number of hydrogen-bond donors (Lipinski definition) is 2. The van der Waals surface area contributed by atoms with Crippen LogP contribution in [0.3, 0.4) is 0 Å². The summed E-state index contributed by atoms with van der Waals surface area (Å²) in [4.78, 5) is 37.7. The first-order valence-corrected chi connectivity index (χ1v) is 15.7. The molecule has 0 spiro atoms. The zero-order valence-electron chi connectivity index (χ0n) is 26.5. The van der Waals surface area contributed by atoms with Crippen LogP contribution in [0.2, 0.25) is 0 Å². The molecule has 2 aliphatic rings. The number of H-pyrrole nitrogens is 1. The first-order valence-electron chi connectivity index (χ1n) is 15.7. The SMILES string of the molecule is [C-]#[N+]c1cn2[nH]c(-c3ccc(N4CCOCC4)c(NC(=O)c4cc(C)ccc4C)c3)nc2c1C(=O)OC1C(C)CC(C)CC1C. The van der Waals surface area contributed by atoms with E-state index in [0.29, 0.717) is 54.9 Å². The molecule has 0 radical (unpaired) electrons. The van der Waals surface area contributed by atoms with Gasteiger partial charge in [0.05, 0.1) is 31.2 Å². The molecule has 1 aliphatic heterocycles. The number of benzene rings is 2. The van der Waals surface area contributed by atoms with Crippen molar-refractivity contribution in [2.75, 3.05) is 36.5 Å². The molecule has 10 heteroatoms. The maximum atomic E-state index is 13.6. The second-order valence-corrected chi connectivity index (χ2v) is 12.8. The Morgan fingerprint density at radius 1 is 1.07 bits per heavy atom. The molecule has 2 unspecified atom stereocenters. The van der Waals surface area contributed by atoms with E-state index >= 15 is 0 Å². The van der Waals surface area contributed by atoms with Crippen molar-refractivity contribution in [3.05, 3.63) is 76.3 Å². The lowest BCUT2D eigenvalue weighted by atomic mass is 9.75. The van der Waals surface area contributed by atoms with E-state index in [4.69, 9.17) is 21.0 Å². The fourth-order valence-corrected chi connectivity index (χ4v) is 6.98. The lowest BCUT2D eigenvalue weighted by Gasteiger charge is -2.37. The monoisotopic (exact) mass is 608 g/mol. The molecule has 1 saturated carbocycles. The van der Waals surface area contributed by atoms with Gasteiger partial charge in [-0.2, -0.15) is 0 Å². The number of hydrogen-bond acceptors (Lipinski definition) is 6. The number of carbonyl (C=O) groups excluding carboxylic acids is 2. The normalized spacial score (nSPS) is 21.8. The van der Waals surface area contributed by atoms with Crippen LogP contribution in [-0.2, 0) is 9.47 Å². The van der Waals surface area contributed by atoms with Gasteiger partial charge in [0.1, 0.15) is 11.7 Å². The smallest absolute Gasteiger partial charge is 0.331 e. The predicted molar refractivity (Wildman–Crippen MR) is 174 cm³/mol. The van der Waals surface area contributed by atoms with Crippen molar-refractivity contribution in [3.8, 4) is 11.4 Å². The number of morpholine rings is 1. The Morgan fingerprint density at radius 3 is 2.51 bits per heavy atom. The fraction of sp³-hybridized carbons (Fsp3) is 0.429. The Hall–Kier alpha value is -4.62. The third-order valence-corrected chi connectivity index (χ3v) is 9.15. The summed E-state index contributed by atoms with van der Waals surface area (Å²) in [7, 11) is 0. The molecule has 3 heterocycles. The highest BCUT2D eigenvalue weighted by molar-refractivity contribution is 6.07. The van der Waals surface area contributed by atoms with E-state index in [-0.39, 0.29) is 35.1 Å². The van der Waals surface area contributed by atoms with E-state index in [9.17, 15) is 9.59 Å². The van der Waals surface area contributed by atoms with Crippen LogP contribution in [0, 0.1) is 38.2 Å². The third-order valence-electron chi connectivity index (χ3n) is 9.15. The average Bonchev–Trinajstić information content (AvgIpc) is 3.58. The summed E-state index contributed by atoms with van der Waals surface area (Å²) >= 11 is 0. The van der Waals surface area contributed by atoms with Crippen molar-refractivity contribution in [3.63, 3.8) is 0 Å². The maximum Gasteiger partial charge on any atom is 0.331 e. The van der Waals surface area contributed by atoms with Gasteiger partial charge in [-0.1, -0.05) is 38.5 Å². The topological polar surface area (TPSA) is 105 Å². The Labute approximate surface area is 263 Å². The molecule has 2 aromatic carbocycles. The van der Waals surface area contributed by atoms with Gasteiger partial charge >= 0.3 is 5.97 Å². The number of amides is 1. The summed E-state index contributed by atoms with van der Waals surface area (Å²) in [6.45, 7) is 20.7. The first-order chi connectivity index (χ1) is 21.6. The van der Waals surface area contributed by atoms with Gasteiger partial charge in [-0.05, 0) is 74.3 Å². The molecule has 0 bridgehead atoms. The number of aryl methyl sites for hydroxylation is 2. The Morgan fingerprint density at radius 2 is 1.80 bits per heavy atom. The minimum absolute atomic E-state index is 0.166. The molecule has 2 N–H and O–H groups in total. The van der Waals surface area contributed by atoms with Crippen LogP contribution < -0.4 is 10.2 Å². The van der Waals surface area contributed by atoms with Gasteiger partial charge < -0.3 is 19.7 Å². The van der Waals surface area contributed by atoms with Crippen LogP contribution in [0.4, 0.5) is 17.1 Å². The van der Waals surface area contributed by atoms with Gasteiger partial charge in [0, 0.05) is 30.4 Å². The largest absolute Gasteiger partial charge is 0.459 e. The molecule has 2 aromatic heterocycles. The van der Waals surface area contributed by atoms with Crippen molar-refractivity contribution in [1.29, 1.82) is 0 Å². The number of anilines is 2. The number of fused-ring (bicyclic) bond motifs is 1. The number of nitrogens with zero attached hydrogens (tertiary/aromatic N) is 4. The quantitative estimate of drug-likeness (QED) is 0.184. The lowest BCUT2D eigenvalue weighted by molar-refractivity contribution is -0.0249. The molecule has 45 heavy (non-hydrogen) atoms. The van der Waals surface area contributed by atoms with Crippen LogP contribution in [-0.4, -0.2) is 58.9 Å². The van der Waals surface area contributed by atoms with E-state index in [2.05, 4.69) is 40.9 Å². The molecule has 2 fully saturated rings. The van der Waals surface area contributed by atoms with Gasteiger partial charge in [-0.3, -0.25) is 14.4 Å². The molecule has 234 valence electrons. The number of aromatic amines is 1. The Kier molecular flexibility index (Phi) is 8.38. The highest BCUT2D eigenvalue weighted by Crippen LogP contribution is 2.37. The number of aromatic nitrogens is 3. The summed E-state index contributed by atoms with van der Waals surface area (Å²) in [5.41, 5.74) is 5.48. The average molecular weight is 609 g/mol. The van der Waals surface area contributed by atoms with Crippen LogP contribution in [0.5, 0.6) is 0 Å². The molecule has 1 amide bonds. The summed E-state index contributed by atoms with van der Waals surface area (Å²) in [5.74, 6) is 0.841. The molecule has 1 aliphatic carbocycles. The third kappa shape index (κ3) is 6.05. The highest BCUT2D eigenvalue weighted by Gasteiger charge is 2.35. The van der Waals surface area contributed by atoms with E-state index in [1.807, 2.05) is 50.2 Å². The Bertz CT molecular complexity index is 1780. The number of carbonyl (C=O) groups is 2. The number of rotatable bonds is 6. The minimum Gasteiger partial charge on any atom is -0.459 e. The maximum absolute atomic E-state index is 13.6. The van der Waals surface area contributed by atoms with Gasteiger partial charge in [0.2, 0.25) is 5.69 Å². The second kappa shape index (κ2) is 12.4. The van der Waals surface area contributed by atoms with Crippen LogP contribution in [0.25, 0.3) is 21.9 Å². The summed E-state index contributed by atoms with van der Waals surface area (Å²) < 4.78 is 13.2. The van der Waals surface area contributed by atoms with E-state index < -0.39 is 5.97 Å². The van der Waals surface area contributed by atoms with Crippen molar-refractivity contribution in [1.82, 2.24) is 14.6 Å². The van der Waals surface area contributed by atoms with Gasteiger partial charge in [0.25, 0.3) is 5.91 Å². The molecule has 1 saturated heterocycles. The van der Waals surface area contributed by atoms with E-state index in [0.717, 1.165) is 35.2 Å². The highest BCUT2D eigenvalue weighted by atomic mass is 16.5. The van der Waals surface area contributed by atoms with Crippen molar-refractivity contribution < 1.29 is 19.1 Å². The van der Waals surface area contributed by atoms with E-state index in [1.165, 1.54) is 0 Å². The number of nitrogens with one attached hydrogen (secondary N) is 2. The number of ether oxygens (including phenoxy) is 2. The molecule has 10 nitrogen and oxygen atoms in total. The Balaban J connectivity index is 1.34. The summed E-state index contributed by atoms with van der Waals surface area (Å²) in [6.07, 6.45) is 3.37. The van der Waals surface area contributed by atoms with Crippen LogP contribution in [0.15, 0.2) is 42.6 Å². The van der Waals surface area contributed by atoms with Crippen LogP contribution in [0.1, 0.15) is 65.5 Å². The van der Waals surface area contributed by atoms with Gasteiger partial charge in [-0.15, -0.1) is 0 Å². The summed E-state index contributed by atoms with van der Waals surface area (Å²) in [6, 6.07) is 11.6. The summed E-state index contributed by atoms with van der Waals surface area (Å²) in [5, 5.41) is 6.38. The van der Waals surface area contributed by atoms with E-state index in [1.54, 1.807) is 10.7 Å². The minimum atomic E-state index is -0.524. The van der Waals surface area contributed by atoms with Gasteiger partial charge in [-0.25, -0.2) is 14.6 Å². The lowest BCUT2D eigenvalue weighted by Crippen LogP contribution is -2.37.